The van der Waals surface area contributed by atoms with Gasteiger partial charge in [-0.25, -0.2) is 9.78 Å². The Morgan fingerprint density at radius 1 is 1.00 bits per heavy atom. The lowest BCUT2D eigenvalue weighted by Crippen LogP contribution is -2.53. The SMILES string of the molecule is CCCc1nc2c(C)cc(C(=O)N(Cc3ccc(CNC(N)=O)cc3)[C@H](CCCN=C(N)N)C(=O)N(CC(=O)O)CC(=O)O)cc2[nH]1. The number of aliphatic imine (C=N–C) groups is 1. The van der Waals surface area contributed by atoms with Crippen molar-refractivity contribution in [2.24, 2.45) is 22.2 Å². The second-order valence-corrected chi connectivity index (χ2v) is 11.0. The first-order valence-electron chi connectivity index (χ1n) is 15.0. The number of amides is 4. The summed E-state index contributed by atoms with van der Waals surface area (Å²) >= 11 is 0. The predicted molar refractivity (Wildman–Crippen MR) is 173 cm³/mol. The quantitative estimate of drug-likeness (QED) is 0.0619. The summed E-state index contributed by atoms with van der Waals surface area (Å²) in [6.07, 6.45) is 1.78. The summed E-state index contributed by atoms with van der Waals surface area (Å²) in [5.41, 5.74) is 19.7. The summed E-state index contributed by atoms with van der Waals surface area (Å²) in [6, 6.07) is 8.21. The Hall–Kier alpha value is -5.67. The Morgan fingerprint density at radius 3 is 2.21 bits per heavy atom. The van der Waals surface area contributed by atoms with Crippen LogP contribution in [-0.4, -0.2) is 91.4 Å². The average Bonchev–Trinajstić information content (AvgIpc) is 3.41. The molecule has 0 fully saturated rings. The number of hydrogen-bond donors (Lipinski definition) is 7. The Morgan fingerprint density at radius 2 is 1.64 bits per heavy atom. The molecule has 0 radical (unpaired) electrons. The van der Waals surface area contributed by atoms with Crippen molar-refractivity contribution in [2.45, 2.75) is 58.7 Å². The number of hydrogen-bond acceptors (Lipinski definition) is 7. The molecule has 0 saturated heterocycles. The molecule has 3 aromatic rings. The summed E-state index contributed by atoms with van der Waals surface area (Å²) < 4.78 is 0. The number of primary amides is 1. The van der Waals surface area contributed by atoms with E-state index >= 15 is 0 Å². The first kappa shape index (κ1) is 35.8. The predicted octanol–water partition coefficient (Wildman–Crippen LogP) is 1.05. The molecular formula is C31H41N9O7. The number of urea groups is 1. The van der Waals surface area contributed by atoms with Crippen LogP contribution in [0.3, 0.4) is 0 Å². The van der Waals surface area contributed by atoms with Crippen LogP contribution in [0, 0.1) is 6.92 Å². The van der Waals surface area contributed by atoms with Gasteiger partial charge in [0.15, 0.2) is 5.96 Å². The van der Waals surface area contributed by atoms with Gasteiger partial charge in [0, 0.05) is 31.6 Å². The lowest BCUT2D eigenvalue weighted by atomic mass is 10.0. The fourth-order valence-corrected chi connectivity index (χ4v) is 5.11. The van der Waals surface area contributed by atoms with Gasteiger partial charge in [0.2, 0.25) is 5.91 Å². The Bertz CT molecular complexity index is 1620. The number of aryl methyl sites for hydroxylation is 2. The van der Waals surface area contributed by atoms with Crippen molar-refractivity contribution >= 4 is 46.8 Å². The van der Waals surface area contributed by atoms with Crippen molar-refractivity contribution < 1.29 is 34.2 Å². The van der Waals surface area contributed by atoms with E-state index in [9.17, 15) is 34.2 Å². The maximum Gasteiger partial charge on any atom is 0.323 e. The van der Waals surface area contributed by atoms with Crippen molar-refractivity contribution in [3.8, 4) is 0 Å². The summed E-state index contributed by atoms with van der Waals surface area (Å²) in [5, 5.41) is 21.5. The largest absolute Gasteiger partial charge is 0.480 e. The number of H-pyrrole nitrogens is 1. The second kappa shape index (κ2) is 16.6. The second-order valence-electron chi connectivity index (χ2n) is 11.0. The number of imidazole rings is 1. The molecule has 0 bridgehead atoms. The van der Waals surface area contributed by atoms with E-state index < -0.39 is 48.9 Å². The third-order valence-corrected chi connectivity index (χ3v) is 7.22. The van der Waals surface area contributed by atoms with E-state index in [2.05, 4.69) is 20.3 Å². The van der Waals surface area contributed by atoms with Gasteiger partial charge in [-0.3, -0.25) is 24.2 Å². The first-order valence-corrected chi connectivity index (χ1v) is 15.0. The number of aliphatic carboxylic acids is 2. The summed E-state index contributed by atoms with van der Waals surface area (Å²) in [7, 11) is 0. The van der Waals surface area contributed by atoms with Gasteiger partial charge in [0.05, 0.1) is 11.0 Å². The van der Waals surface area contributed by atoms with Gasteiger partial charge >= 0.3 is 18.0 Å². The van der Waals surface area contributed by atoms with E-state index in [0.29, 0.717) is 27.9 Å². The van der Waals surface area contributed by atoms with Crippen LogP contribution in [0.1, 0.15) is 59.1 Å². The van der Waals surface area contributed by atoms with Crippen LogP contribution in [-0.2, 0) is 33.9 Å². The number of carboxylic acids is 2. The molecule has 0 spiro atoms. The zero-order valence-electron chi connectivity index (χ0n) is 26.4. The number of carbonyl (C=O) groups is 5. The number of guanidine groups is 1. The molecule has 16 heteroatoms. The topological polar surface area (TPSA) is 263 Å². The Kier molecular flexibility index (Phi) is 12.6. The lowest BCUT2D eigenvalue weighted by molar-refractivity contribution is -0.151. The molecule has 0 aliphatic carbocycles. The fraction of sp³-hybridized carbons (Fsp3) is 0.387. The summed E-state index contributed by atoms with van der Waals surface area (Å²) in [5.74, 6) is -3.65. The van der Waals surface area contributed by atoms with Crippen molar-refractivity contribution in [1.82, 2.24) is 25.1 Å². The van der Waals surface area contributed by atoms with Crippen molar-refractivity contribution in [2.75, 3.05) is 19.6 Å². The monoisotopic (exact) mass is 651 g/mol. The molecule has 2 aromatic carbocycles. The number of nitrogens with two attached hydrogens (primary N) is 3. The normalized spacial score (nSPS) is 11.4. The number of rotatable bonds is 17. The van der Waals surface area contributed by atoms with Crippen molar-refractivity contribution in [1.29, 1.82) is 0 Å². The van der Waals surface area contributed by atoms with Gasteiger partial charge < -0.3 is 47.5 Å². The fourth-order valence-electron chi connectivity index (χ4n) is 5.11. The number of fused-ring (bicyclic) bond motifs is 1. The summed E-state index contributed by atoms with van der Waals surface area (Å²) in [6.45, 7) is 2.24. The number of aromatic amines is 1. The van der Waals surface area contributed by atoms with Gasteiger partial charge in [-0.05, 0) is 55.0 Å². The van der Waals surface area contributed by atoms with E-state index in [1.807, 2.05) is 13.8 Å². The highest BCUT2D eigenvalue weighted by Gasteiger charge is 2.35. The van der Waals surface area contributed by atoms with Gasteiger partial charge in [-0.1, -0.05) is 31.2 Å². The van der Waals surface area contributed by atoms with Crippen LogP contribution < -0.4 is 22.5 Å². The standard InChI is InChI=1S/C31H41N9O7/c1-3-5-24-37-22-13-21(12-18(2)27(22)38-24)28(45)40(15-20-9-7-19(8-10-20)14-36-31(34)47)23(6-4-11-35-30(32)33)29(46)39(16-25(41)42)17-26(43)44/h7-10,12-13,23H,3-6,11,14-17H2,1-2H3,(H,37,38)(H,41,42)(H,43,44)(H4,32,33,35)(H3,34,36,47)/t23-/m1/s1. The van der Waals surface area contributed by atoms with E-state index in [1.54, 1.807) is 36.4 Å². The number of nitrogens with one attached hydrogen (secondary N) is 2. The minimum absolute atomic E-state index is 0.0103. The maximum absolute atomic E-state index is 14.4. The van der Waals surface area contributed by atoms with Crippen LogP contribution in [0.2, 0.25) is 0 Å². The van der Waals surface area contributed by atoms with Gasteiger partial charge in [-0.2, -0.15) is 0 Å². The smallest absolute Gasteiger partial charge is 0.323 e. The number of benzene rings is 2. The van der Waals surface area contributed by atoms with Gasteiger partial charge in [0.25, 0.3) is 5.91 Å². The molecule has 252 valence electrons. The van der Waals surface area contributed by atoms with E-state index in [4.69, 9.17) is 17.2 Å². The molecule has 10 N–H and O–H groups in total. The molecule has 0 unspecified atom stereocenters. The molecule has 1 atom stereocenters. The number of nitrogens with zero attached hydrogens (tertiary/aromatic N) is 4. The minimum Gasteiger partial charge on any atom is -0.480 e. The molecule has 3 rings (SSSR count). The van der Waals surface area contributed by atoms with Crippen LogP contribution in [0.25, 0.3) is 11.0 Å². The zero-order chi connectivity index (χ0) is 34.7. The van der Waals surface area contributed by atoms with Gasteiger partial charge in [0.1, 0.15) is 25.0 Å². The molecule has 0 saturated carbocycles. The van der Waals surface area contributed by atoms with E-state index in [0.717, 1.165) is 23.4 Å². The molecule has 1 heterocycles. The van der Waals surface area contributed by atoms with E-state index in [1.165, 1.54) is 4.90 Å². The molecule has 1 aromatic heterocycles. The minimum atomic E-state index is -1.42. The molecule has 16 nitrogen and oxygen atoms in total. The van der Waals surface area contributed by atoms with Crippen LogP contribution in [0.5, 0.6) is 0 Å². The molecule has 0 aliphatic rings. The highest BCUT2D eigenvalue weighted by molar-refractivity contribution is 6.01. The van der Waals surface area contributed by atoms with Crippen molar-refractivity contribution in [3.63, 3.8) is 0 Å². The van der Waals surface area contributed by atoms with Gasteiger partial charge in [-0.15, -0.1) is 0 Å². The lowest BCUT2D eigenvalue weighted by Gasteiger charge is -2.34. The third-order valence-electron chi connectivity index (χ3n) is 7.22. The Balaban J connectivity index is 2.12. The maximum atomic E-state index is 14.4. The first-order chi connectivity index (χ1) is 22.3. The van der Waals surface area contributed by atoms with Crippen molar-refractivity contribution in [3.05, 3.63) is 64.5 Å². The third kappa shape index (κ3) is 10.4. The zero-order valence-corrected chi connectivity index (χ0v) is 26.4. The van der Waals surface area contributed by atoms with Crippen LogP contribution >= 0.6 is 0 Å². The number of carboxylic acid groups (broad SMARTS) is 2. The molecule has 4 amide bonds. The number of carbonyl (C=O) groups excluding carboxylic acids is 3. The highest BCUT2D eigenvalue weighted by Crippen LogP contribution is 2.24. The summed E-state index contributed by atoms with van der Waals surface area (Å²) in [4.78, 5) is 76.7. The molecule has 47 heavy (non-hydrogen) atoms. The number of aromatic nitrogens is 2. The molecular weight excluding hydrogens is 610 g/mol. The molecule has 0 aliphatic heterocycles. The average molecular weight is 652 g/mol. The van der Waals surface area contributed by atoms with Crippen LogP contribution in [0.15, 0.2) is 41.4 Å². The van der Waals surface area contributed by atoms with Crippen LogP contribution in [0.4, 0.5) is 4.79 Å². The van der Waals surface area contributed by atoms with E-state index in [-0.39, 0.29) is 44.0 Å². The highest BCUT2D eigenvalue weighted by atomic mass is 16.4. The Labute approximate surface area is 271 Å².